The van der Waals surface area contributed by atoms with Gasteiger partial charge in [-0.3, -0.25) is 4.48 Å². The third kappa shape index (κ3) is 2.18. The number of hydrogen-bond donors (Lipinski definition) is 0. The molecule has 0 aliphatic carbocycles. The molecular weight excluding hydrogens is 337 g/mol. The van der Waals surface area contributed by atoms with Gasteiger partial charge in [0.1, 0.15) is 17.0 Å². The minimum absolute atomic E-state index is 0. The van der Waals surface area contributed by atoms with Gasteiger partial charge >= 0.3 is 0 Å². The van der Waals surface area contributed by atoms with Crippen molar-refractivity contribution in [2.45, 2.75) is 26.3 Å². The Morgan fingerprint density at radius 3 is 2.33 bits per heavy atom. The molecule has 0 aromatic heterocycles. The van der Waals surface area contributed by atoms with Crippen molar-refractivity contribution in [2.24, 2.45) is 0 Å². The van der Waals surface area contributed by atoms with Gasteiger partial charge in [-0.2, -0.15) is 0 Å². The van der Waals surface area contributed by atoms with Gasteiger partial charge in [0.2, 0.25) is 0 Å². The van der Waals surface area contributed by atoms with E-state index in [1.807, 2.05) is 6.07 Å². The van der Waals surface area contributed by atoms with Crippen LogP contribution in [0.15, 0.2) is 24.3 Å². The van der Waals surface area contributed by atoms with Crippen LogP contribution in [0, 0.1) is 0 Å². The lowest BCUT2D eigenvalue weighted by Gasteiger charge is -2.46. The molecule has 0 N–H and O–H groups in total. The van der Waals surface area contributed by atoms with E-state index in [4.69, 9.17) is 4.74 Å². The minimum atomic E-state index is 0. The molecule has 1 heterocycles. The van der Waals surface area contributed by atoms with E-state index in [9.17, 15) is 0 Å². The van der Waals surface area contributed by atoms with Crippen LogP contribution < -0.4 is 9.22 Å². The first-order valence-corrected chi connectivity index (χ1v) is 6.02. The Kier molecular flexibility index (Phi) is 4.18. The maximum absolute atomic E-state index is 5.31. The molecule has 3 heteroatoms. The van der Waals surface area contributed by atoms with Crippen LogP contribution in [-0.2, 0) is 0 Å². The number of hydrogen-bond acceptors (Lipinski definition) is 1. The van der Waals surface area contributed by atoms with Crippen LogP contribution in [0.5, 0.6) is 5.75 Å². The lowest BCUT2D eigenvalue weighted by atomic mass is 9.87. The fraction of sp³-hybridized carbons (Fsp3) is 0.467. The summed E-state index contributed by atoms with van der Waals surface area (Å²) in [6.07, 6.45) is 2.36. The summed E-state index contributed by atoms with van der Waals surface area (Å²) < 4.78 is 6.18. The molecule has 100 valence electrons. The molecule has 0 fully saturated rings. The third-order valence-electron chi connectivity index (χ3n) is 4.24. The molecular formula is C15H23INO+. The number of fused-ring (bicyclic) bond motifs is 1. The molecule has 0 amide bonds. The standard InChI is InChI=1S/C15H22NO.HI/c1-11-10-15(2,3)16(4,5)14-8-7-12(17-6)9-13(11)14;/h7-10H,1-6H3;1H/q+1;. The summed E-state index contributed by atoms with van der Waals surface area (Å²) in [5, 5.41) is 0. The lowest BCUT2D eigenvalue weighted by molar-refractivity contribution is 0.247. The van der Waals surface area contributed by atoms with Crippen molar-refractivity contribution in [2.75, 3.05) is 21.2 Å². The predicted molar refractivity (Wildman–Crippen MR) is 89.8 cm³/mol. The number of benzene rings is 1. The van der Waals surface area contributed by atoms with Crippen molar-refractivity contribution in [1.82, 2.24) is 4.48 Å². The topological polar surface area (TPSA) is 9.23 Å². The fourth-order valence-corrected chi connectivity index (χ4v) is 2.52. The zero-order valence-corrected chi connectivity index (χ0v) is 14.4. The zero-order chi connectivity index (χ0) is 12.8. The first-order valence-electron chi connectivity index (χ1n) is 6.02. The van der Waals surface area contributed by atoms with Gasteiger partial charge in [0, 0.05) is 11.6 Å². The van der Waals surface area contributed by atoms with Crippen LogP contribution in [0.3, 0.4) is 0 Å². The molecule has 0 bridgehead atoms. The molecule has 0 saturated heterocycles. The second-order valence-corrected chi connectivity index (χ2v) is 5.82. The van der Waals surface area contributed by atoms with Crippen LogP contribution >= 0.6 is 24.0 Å². The summed E-state index contributed by atoms with van der Waals surface area (Å²) in [6, 6.07) is 6.37. The van der Waals surface area contributed by atoms with Gasteiger partial charge in [-0.15, -0.1) is 24.0 Å². The third-order valence-corrected chi connectivity index (χ3v) is 4.24. The lowest BCUT2D eigenvalue weighted by Crippen LogP contribution is -2.58. The number of allylic oxidation sites excluding steroid dienone is 1. The van der Waals surface area contributed by atoms with Crippen molar-refractivity contribution in [3.63, 3.8) is 0 Å². The molecule has 2 rings (SSSR count). The zero-order valence-electron chi connectivity index (χ0n) is 12.1. The maximum Gasteiger partial charge on any atom is 0.140 e. The smallest absolute Gasteiger partial charge is 0.140 e. The van der Waals surface area contributed by atoms with Crippen molar-refractivity contribution in [1.29, 1.82) is 0 Å². The van der Waals surface area contributed by atoms with Crippen molar-refractivity contribution in [3.05, 3.63) is 29.8 Å². The van der Waals surface area contributed by atoms with Crippen LogP contribution in [0.2, 0.25) is 0 Å². The summed E-state index contributed by atoms with van der Waals surface area (Å²) in [7, 11) is 6.23. The Labute approximate surface area is 127 Å². The Hall–Kier alpha value is -0.550. The van der Waals surface area contributed by atoms with Crippen LogP contribution in [0.4, 0.5) is 5.69 Å². The Balaban J connectivity index is 0.00000162. The van der Waals surface area contributed by atoms with Gasteiger partial charge in [0.15, 0.2) is 0 Å². The molecule has 1 aliphatic heterocycles. The van der Waals surface area contributed by atoms with E-state index in [-0.39, 0.29) is 29.5 Å². The summed E-state index contributed by atoms with van der Waals surface area (Å²) in [4.78, 5) is 0. The van der Waals surface area contributed by atoms with Crippen LogP contribution in [0.25, 0.3) is 5.57 Å². The maximum atomic E-state index is 5.31. The van der Waals surface area contributed by atoms with Crippen molar-refractivity contribution >= 4 is 35.2 Å². The number of methoxy groups -OCH3 is 1. The largest absolute Gasteiger partial charge is 0.497 e. The molecule has 0 saturated carbocycles. The number of ether oxygens (including phenoxy) is 1. The normalized spacial score (nSPS) is 19.3. The predicted octanol–water partition coefficient (Wildman–Crippen LogP) is 4.08. The fourth-order valence-electron chi connectivity index (χ4n) is 2.52. The summed E-state index contributed by atoms with van der Waals surface area (Å²) in [6.45, 7) is 6.74. The molecule has 0 spiro atoms. The summed E-state index contributed by atoms with van der Waals surface area (Å²) in [5.41, 5.74) is 4.11. The highest BCUT2D eigenvalue weighted by atomic mass is 127. The monoisotopic (exact) mass is 360 g/mol. The first kappa shape index (κ1) is 15.5. The van der Waals surface area contributed by atoms with E-state index in [1.54, 1.807) is 7.11 Å². The van der Waals surface area contributed by atoms with Crippen LogP contribution in [0.1, 0.15) is 26.3 Å². The van der Waals surface area contributed by atoms with Gasteiger partial charge in [-0.05, 0) is 44.6 Å². The average Bonchev–Trinajstić information content (AvgIpc) is 2.25. The van der Waals surface area contributed by atoms with E-state index in [0.29, 0.717) is 0 Å². The molecule has 1 aliphatic rings. The van der Waals surface area contributed by atoms with Gasteiger partial charge in [0.05, 0.1) is 21.2 Å². The minimum Gasteiger partial charge on any atom is -0.497 e. The molecule has 2 nitrogen and oxygen atoms in total. The first-order chi connectivity index (χ1) is 7.79. The van der Waals surface area contributed by atoms with Gasteiger partial charge in [0.25, 0.3) is 0 Å². The highest BCUT2D eigenvalue weighted by Gasteiger charge is 2.41. The molecule has 18 heavy (non-hydrogen) atoms. The highest BCUT2D eigenvalue weighted by molar-refractivity contribution is 14.0. The number of quaternary nitrogens is 1. The number of rotatable bonds is 1. The van der Waals surface area contributed by atoms with E-state index in [0.717, 1.165) is 10.2 Å². The molecule has 1 aromatic carbocycles. The Morgan fingerprint density at radius 2 is 1.78 bits per heavy atom. The Bertz CT molecular complexity index is 489. The van der Waals surface area contributed by atoms with Crippen LogP contribution in [-0.4, -0.2) is 26.7 Å². The number of nitrogens with zero attached hydrogens (tertiary/aromatic N) is 1. The molecule has 0 radical (unpaired) electrons. The SMILES string of the molecule is COc1ccc2c(c1)C(C)=CC(C)(C)[N+]2(C)C.I. The summed E-state index contributed by atoms with van der Waals surface area (Å²) in [5.74, 6) is 0.927. The quantitative estimate of drug-likeness (QED) is 0.542. The van der Waals surface area contributed by atoms with E-state index in [2.05, 4.69) is 53.1 Å². The molecule has 0 unspecified atom stereocenters. The second kappa shape index (κ2) is 4.85. The second-order valence-electron chi connectivity index (χ2n) is 5.82. The Morgan fingerprint density at radius 1 is 1.17 bits per heavy atom. The van der Waals surface area contributed by atoms with Crippen molar-refractivity contribution < 1.29 is 4.74 Å². The summed E-state index contributed by atoms with van der Waals surface area (Å²) >= 11 is 0. The average molecular weight is 360 g/mol. The van der Waals surface area contributed by atoms with Gasteiger partial charge in [-0.25, -0.2) is 0 Å². The van der Waals surface area contributed by atoms with Crippen molar-refractivity contribution in [3.8, 4) is 5.75 Å². The van der Waals surface area contributed by atoms with E-state index >= 15 is 0 Å². The number of likely N-dealkylation sites (N-methyl/N-ethyl adjacent to an activating group) is 1. The van der Waals surface area contributed by atoms with Gasteiger partial charge < -0.3 is 4.74 Å². The molecule has 0 atom stereocenters. The molecule has 1 aromatic rings. The highest BCUT2D eigenvalue weighted by Crippen LogP contribution is 2.43. The number of halogens is 1. The van der Waals surface area contributed by atoms with E-state index in [1.165, 1.54) is 16.8 Å². The van der Waals surface area contributed by atoms with E-state index < -0.39 is 0 Å². The van der Waals surface area contributed by atoms with Gasteiger partial charge in [-0.1, -0.05) is 0 Å².